The van der Waals surface area contributed by atoms with Crippen LogP contribution in [0.15, 0.2) is 53.4 Å². The number of Topliss-reactive ketones (excluding diaryl/α,β-unsaturated/α-hetero) is 1. The first kappa shape index (κ1) is 19.4. The zero-order chi connectivity index (χ0) is 19.8. The van der Waals surface area contributed by atoms with E-state index in [1.54, 1.807) is 25.6 Å². The lowest BCUT2D eigenvalue weighted by Crippen LogP contribution is -2.29. The Morgan fingerprint density at radius 2 is 1.52 bits per heavy atom. The largest absolute Gasteiger partial charge is 0.573 e. The van der Waals surface area contributed by atoms with Crippen LogP contribution in [0.2, 0.25) is 0 Å². The molecule has 3 rings (SSSR count). The van der Waals surface area contributed by atoms with Gasteiger partial charge in [-0.1, -0.05) is 24.3 Å². The van der Waals surface area contributed by atoms with E-state index in [4.69, 9.17) is 4.74 Å². The molecule has 7 heteroatoms. The molecular formula is C20H17F3O3S. The summed E-state index contributed by atoms with van der Waals surface area (Å²) in [6.45, 7) is 3.33. The van der Waals surface area contributed by atoms with Crippen molar-refractivity contribution in [3.05, 3.63) is 59.7 Å². The van der Waals surface area contributed by atoms with Crippen LogP contribution < -0.4 is 4.74 Å². The molecule has 0 unspecified atom stereocenters. The van der Waals surface area contributed by atoms with Gasteiger partial charge in [-0.15, -0.1) is 24.9 Å². The first-order valence-electron chi connectivity index (χ1n) is 8.09. The second kappa shape index (κ2) is 6.96. The van der Waals surface area contributed by atoms with E-state index in [9.17, 15) is 18.0 Å². The van der Waals surface area contributed by atoms with E-state index in [2.05, 4.69) is 4.74 Å². The van der Waals surface area contributed by atoms with E-state index in [-0.39, 0.29) is 11.5 Å². The fourth-order valence-electron chi connectivity index (χ4n) is 2.79. The van der Waals surface area contributed by atoms with Crippen molar-refractivity contribution >= 4 is 28.9 Å². The molecule has 0 fully saturated rings. The highest BCUT2D eigenvalue weighted by molar-refractivity contribution is 7.98. The van der Waals surface area contributed by atoms with Gasteiger partial charge in [-0.2, -0.15) is 0 Å². The Labute approximate surface area is 159 Å². The van der Waals surface area contributed by atoms with Gasteiger partial charge in [0.05, 0.1) is 5.57 Å². The highest BCUT2D eigenvalue weighted by atomic mass is 32.2. The molecule has 0 aliphatic carbocycles. The summed E-state index contributed by atoms with van der Waals surface area (Å²) in [5.41, 5.74) is 0.501. The number of halogens is 3. The molecule has 0 spiro atoms. The quantitative estimate of drug-likeness (QED) is 0.637. The highest BCUT2D eigenvalue weighted by Gasteiger charge is 2.42. The number of carbonyl (C=O) groups is 1. The zero-order valence-electron chi connectivity index (χ0n) is 14.9. The Morgan fingerprint density at radius 3 is 2.04 bits per heavy atom. The molecule has 142 valence electrons. The van der Waals surface area contributed by atoms with Crippen LogP contribution in [0, 0.1) is 0 Å². The van der Waals surface area contributed by atoms with Crippen LogP contribution in [0.1, 0.15) is 25.0 Å². The molecule has 1 heterocycles. The third-order valence-corrected chi connectivity index (χ3v) is 4.83. The number of carbonyl (C=O) groups excluding carboxylic acids is 1. The van der Waals surface area contributed by atoms with Gasteiger partial charge in [-0.05, 0) is 49.9 Å². The standard InChI is InChI=1S/C20H17F3O3S/c1-19(2)18(24)16(12-4-8-14(9-5-12)25-20(21,22)23)17(26-19)13-6-10-15(27-3)11-7-13/h4-11H,1-3H3. The predicted molar refractivity (Wildman–Crippen MR) is 98.3 cm³/mol. The van der Waals surface area contributed by atoms with Gasteiger partial charge in [0.1, 0.15) is 11.5 Å². The Bertz CT molecular complexity index is 882. The lowest BCUT2D eigenvalue weighted by Gasteiger charge is -2.17. The van der Waals surface area contributed by atoms with Crippen LogP contribution >= 0.6 is 11.8 Å². The van der Waals surface area contributed by atoms with Crippen molar-refractivity contribution < 1.29 is 27.4 Å². The Morgan fingerprint density at radius 1 is 0.963 bits per heavy atom. The molecule has 0 aromatic heterocycles. The normalized spacial score (nSPS) is 16.4. The lowest BCUT2D eigenvalue weighted by molar-refractivity contribution is -0.274. The number of ketones is 1. The Balaban J connectivity index is 2.03. The van der Waals surface area contributed by atoms with Gasteiger partial charge in [0.15, 0.2) is 5.60 Å². The Kier molecular flexibility index (Phi) is 4.99. The molecule has 0 N–H and O–H groups in total. The first-order valence-corrected chi connectivity index (χ1v) is 9.32. The van der Waals surface area contributed by atoms with Crippen LogP contribution in [0.4, 0.5) is 13.2 Å². The van der Waals surface area contributed by atoms with E-state index < -0.39 is 12.0 Å². The molecular weight excluding hydrogens is 377 g/mol. The number of ether oxygens (including phenoxy) is 2. The molecule has 1 aliphatic rings. The van der Waals surface area contributed by atoms with Crippen molar-refractivity contribution in [1.29, 1.82) is 0 Å². The van der Waals surface area contributed by atoms with Crippen LogP contribution in [0.25, 0.3) is 11.3 Å². The molecule has 0 amide bonds. The SMILES string of the molecule is CSc1ccc(C2=C(c3ccc(OC(F)(F)F)cc3)C(=O)C(C)(C)O2)cc1. The minimum atomic E-state index is -4.76. The highest BCUT2D eigenvalue weighted by Crippen LogP contribution is 2.42. The molecule has 1 aliphatic heterocycles. The van der Waals surface area contributed by atoms with Crippen molar-refractivity contribution in [2.75, 3.05) is 6.26 Å². The maximum atomic E-state index is 12.8. The summed E-state index contributed by atoms with van der Waals surface area (Å²) >= 11 is 1.59. The second-order valence-corrected chi connectivity index (χ2v) is 7.33. The molecule has 0 saturated heterocycles. The first-order chi connectivity index (χ1) is 12.6. The van der Waals surface area contributed by atoms with Crippen LogP contribution in [0.3, 0.4) is 0 Å². The Hall–Kier alpha value is -2.41. The van der Waals surface area contributed by atoms with Crippen molar-refractivity contribution in [2.45, 2.75) is 30.7 Å². The van der Waals surface area contributed by atoms with Crippen molar-refractivity contribution in [2.24, 2.45) is 0 Å². The minimum absolute atomic E-state index is 0.226. The van der Waals surface area contributed by atoms with Gasteiger partial charge >= 0.3 is 6.36 Å². The lowest BCUT2D eigenvalue weighted by atomic mass is 9.92. The number of hydrogen-bond acceptors (Lipinski definition) is 4. The van der Waals surface area contributed by atoms with Gasteiger partial charge in [0, 0.05) is 10.5 Å². The van der Waals surface area contributed by atoms with Gasteiger partial charge in [-0.3, -0.25) is 4.79 Å². The number of thioether (sulfide) groups is 1. The molecule has 2 aromatic rings. The second-order valence-electron chi connectivity index (χ2n) is 6.45. The molecule has 0 bridgehead atoms. The monoisotopic (exact) mass is 394 g/mol. The zero-order valence-corrected chi connectivity index (χ0v) is 15.7. The predicted octanol–water partition coefficient (Wildman–Crippen LogP) is 5.55. The summed E-state index contributed by atoms with van der Waals surface area (Å²) in [7, 11) is 0. The van der Waals surface area contributed by atoms with Crippen LogP contribution in [-0.4, -0.2) is 24.0 Å². The van der Waals surface area contributed by atoms with Crippen molar-refractivity contribution in [3.8, 4) is 5.75 Å². The summed E-state index contributed by atoms with van der Waals surface area (Å²) in [4.78, 5) is 13.9. The maximum Gasteiger partial charge on any atom is 0.573 e. The van der Waals surface area contributed by atoms with Gasteiger partial charge in [0.25, 0.3) is 0 Å². The average Bonchev–Trinajstić information content (AvgIpc) is 2.84. The summed E-state index contributed by atoms with van der Waals surface area (Å²) in [5, 5.41) is 0. The van der Waals surface area contributed by atoms with E-state index >= 15 is 0 Å². The fourth-order valence-corrected chi connectivity index (χ4v) is 3.20. The number of rotatable bonds is 4. The van der Waals surface area contributed by atoms with Gasteiger partial charge in [-0.25, -0.2) is 0 Å². The van der Waals surface area contributed by atoms with E-state index in [0.29, 0.717) is 16.9 Å². The molecule has 3 nitrogen and oxygen atoms in total. The van der Waals surface area contributed by atoms with Crippen LogP contribution in [-0.2, 0) is 9.53 Å². The third-order valence-electron chi connectivity index (χ3n) is 4.09. The van der Waals surface area contributed by atoms with Crippen molar-refractivity contribution in [1.82, 2.24) is 0 Å². The fraction of sp³-hybridized carbons (Fsp3) is 0.250. The number of hydrogen-bond donors (Lipinski definition) is 0. The van der Waals surface area contributed by atoms with E-state index in [1.807, 2.05) is 30.5 Å². The van der Waals surface area contributed by atoms with E-state index in [0.717, 1.165) is 10.5 Å². The van der Waals surface area contributed by atoms with Gasteiger partial charge in [0.2, 0.25) is 5.78 Å². The average molecular weight is 394 g/mol. The number of benzene rings is 2. The topological polar surface area (TPSA) is 35.5 Å². The van der Waals surface area contributed by atoms with Crippen molar-refractivity contribution in [3.63, 3.8) is 0 Å². The molecule has 27 heavy (non-hydrogen) atoms. The summed E-state index contributed by atoms with van der Waals surface area (Å²) < 4.78 is 46.8. The van der Waals surface area contributed by atoms with Crippen LogP contribution in [0.5, 0.6) is 5.75 Å². The van der Waals surface area contributed by atoms with Gasteiger partial charge < -0.3 is 9.47 Å². The molecule has 0 saturated carbocycles. The number of alkyl halides is 3. The summed E-state index contributed by atoms with van der Waals surface area (Å²) in [6, 6.07) is 12.8. The summed E-state index contributed by atoms with van der Waals surface area (Å²) in [6.07, 6.45) is -2.80. The third kappa shape index (κ3) is 4.13. The maximum absolute atomic E-state index is 12.8. The summed E-state index contributed by atoms with van der Waals surface area (Å²) in [5.74, 6) is -0.151. The molecule has 0 atom stereocenters. The molecule has 2 aromatic carbocycles. The minimum Gasteiger partial charge on any atom is -0.478 e. The smallest absolute Gasteiger partial charge is 0.478 e. The van der Waals surface area contributed by atoms with E-state index in [1.165, 1.54) is 24.3 Å². The molecule has 0 radical (unpaired) electrons.